The number of thiazole rings is 1. The van der Waals surface area contributed by atoms with E-state index in [4.69, 9.17) is 0 Å². The van der Waals surface area contributed by atoms with Crippen LogP contribution in [-0.2, 0) is 20.8 Å². The fourth-order valence-corrected chi connectivity index (χ4v) is 4.09. The molecule has 166 valence electrons. The predicted molar refractivity (Wildman–Crippen MR) is 120 cm³/mol. The Labute approximate surface area is 185 Å². The lowest BCUT2D eigenvalue weighted by molar-refractivity contribution is -0.130. The Morgan fingerprint density at radius 1 is 1.26 bits per heavy atom. The number of likely N-dealkylation sites (N-methyl/N-ethyl adjacent to an activating group) is 1. The van der Waals surface area contributed by atoms with Crippen molar-refractivity contribution in [3.63, 3.8) is 0 Å². The number of nitrogens with one attached hydrogen (secondary N) is 3. The smallest absolute Gasteiger partial charge is 0.251 e. The van der Waals surface area contributed by atoms with Crippen LogP contribution in [-0.4, -0.2) is 52.9 Å². The summed E-state index contributed by atoms with van der Waals surface area (Å²) < 4.78 is 0. The van der Waals surface area contributed by atoms with Crippen molar-refractivity contribution in [1.82, 2.24) is 20.6 Å². The first kappa shape index (κ1) is 22.8. The number of hydrogen-bond acceptors (Lipinski definition) is 7. The van der Waals surface area contributed by atoms with Gasteiger partial charge in [-0.3, -0.25) is 19.3 Å². The molecular formula is C21H28N6O3S. The van der Waals surface area contributed by atoms with Crippen LogP contribution in [0.25, 0.3) is 0 Å². The largest absolute Gasteiger partial charge is 0.343 e. The zero-order chi connectivity index (χ0) is 22.7. The minimum absolute atomic E-state index is 0.182. The van der Waals surface area contributed by atoms with Crippen molar-refractivity contribution < 1.29 is 14.4 Å². The molecule has 3 atom stereocenters. The number of hydrogen-bond donors (Lipinski definition) is 3. The van der Waals surface area contributed by atoms with E-state index in [1.807, 2.05) is 32.2 Å². The van der Waals surface area contributed by atoms with Gasteiger partial charge in [0.15, 0.2) is 5.13 Å². The Morgan fingerprint density at radius 2 is 2.00 bits per heavy atom. The molecule has 0 spiro atoms. The molecule has 1 aliphatic rings. The van der Waals surface area contributed by atoms with Crippen molar-refractivity contribution in [2.45, 2.75) is 52.2 Å². The van der Waals surface area contributed by atoms with Crippen LogP contribution in [0.2, 0.25) is 0 Å². The van der Waals surface area contributed by atoms with E-state index < -0.39 is 18.1 Å². The van der Waals surface area contributed by atoms with Crippen LogP contribution in [0.4, 0.5) is 10.9 Å². The molecule has 9 nitrogen and oxygen atoms in total. The Kier molecular flexibility index (Phi) is 7.01. The van der Waals surface area contributed by atoms with E-state index in [0.717, 1.165) is 11.3 Å². The molecular weight excluding hydrogens is 416 g/mol. The number of aryl methyl sites for hydroxylation is 1. The second kappa shape index (κ2) is 9.52. The summed E-state index contributed by atoms with van der Waals surface area (Å²) in [5, 5.41) is 10.8. The van der Waals surface area contributed by atoms with Gasteiger partial charge in [0.05, 0.1) is 11.7 Å². The van der Waals surface area contributed by atoms with Gasteiger partial charge >= 0.3 is 0 Å². The Hall–Kier alpha value is -2.85. The maximum absolute atomic E-state index is 13.6. The molecule has 1 aliphatic heterocycles. The van der Waals surface area contributed by atoms with Gasteiger partial charge in [0.1, 0.15) is 17.9 Å². The number of fused-ring (bicyclic) bond motifs is 1. The summed E-state index contributed by atoms with van der Waals surface area (Å²) in [6.07, 6.45) is 1.94. The van der Waals surface area contributed by atoms with E-state index in [0.29, 0.717) is 17.4 Å². The van der Waals surface area contributed by atoms with Gasteiger partial charge in [0.25, 0.3) is 5.91 Å². The van der Waals surface area contributed by atoms with Crippen molar-refractivity contribution in [3.05, 3.63) is 35.0 Å². The van der Waals surface area contributed by atoms with Crippen LogP contribution < -0.4 is 20.9 Å². The first-order valence-electron chi connectivity index (χ1n) is 10.2. The lowest BCUT2D eigenvalue weighted by Crippen LogP contribution is -2.57. The van der Waals surface area contributed by atoms with E-state index in [1.54, 1.807) is 26.2 Å². The van der Waals surface area contributed by atoms with Gasteiger partial charge < -0.3 is 16.0 Å². The summed E-state index contributed by atoms with van der Waals surface area (Å²) in [5.74, 6) is -0.713. The van der Waals surface area contributed by atoms with Crippen LogP contribution in [0.1, 0.15) is 32.0 Å². The number of carbonyl (C=O) groups is 3. The van der Waals surface area contributed by atoms with E-state index >= 15 is 0 Å². The van der Waals surface area contributed by atoms with Crippen LogP contribution in [0.5, 0.6) is 0 Å². The summed E-state index contributed by atoms with van der Waals surface area (Å²) in [5.41, 5.74) is 1.62. The molecule has 2 aromatic heterocycles. The molecule has 0 saturated heterocycles. The van der Waals surface area contributed by atoms with E-state index in [1.165, 1.54) is 16.2 Å². The fourth-order valence-electron chi connectivity index (χ4n) is 3.39. The van der Waals surface area contributed by atoms with Gasteiger partial charge in [-0.05, 0) is 38.4 Å². The summed E-state index contributed by atoms with van der Waals surface area (Å²) >= 11 is 1.33. The van der Waals surface area contributed by atoms with Crippen LogP contribution in [0, 0.1) is 12.8 Å². The zero-order valence-electron chi connectivity index (χ0n) is 18.3. The third-order valence-corrected chi connectivity index (χ3v) is 6.14. The SMILES string of the molecule is CN[C@@H](C)C(=O)N[C@H](C(=O)N1c2ncccc2C[C@H]1C(=O)Nc1nc(C)cs1)C(C)C. The highest BCUT2D eigenvalue weighted by Crippen LogP contribution is 2.32. The molecule has 0 unspecified atom stereocenters. The summed E-state index contributed by atoms with van der Waals surface area (Å²) in [6.45, 7) is 7.28. The standard InChI is InChI=1S/C21H28N6O3S/c1-11(2)16(25-18(28)13(4)22-5)20(30)27-15(9-14-7-6-8-23-17(14)27)19(29)26-21-24-12(3)10-31-21/h6-8,10-11,13,15-16,22H,9H2,1-5H3,(H,25,28)(H,24,26,29)/t13-,15-,16-/m0/s1. The molecule has 10 heteroatoms. The lowest BCUT2D eigenvalue weighted by Gasteiger charge is -2.30. The average molecular weight is 445 g/mol. The van der Waals surface area contributed by atoms with Crippen molar-refractivity contribution in [3.8, 4) is 0 Å². The first-order chi connectivity index (χ1) is 14.7. The molecule has 3 N–H and O–H groups in total. The number of amides is 3. The van der Waals surface area contributed by atoms with Crippen molar-refractivity contribution in [1.29, 1.82) is 0 Å². The molecule has 0 saturated carbocycles. The lowest BCUT2D eigenvalue weighted by atomic mass is 10.0. The maximum atomic E-state index is 13.6. The van der Waals surface area contributed by atoms with Crippen molar-refractivity contribution >= 4 is 40.0 Å². The topological polar surface area (TPSA) is 116 Å². The second-order valence-electron chi connectivity index (χ2n) is 7.94. The Balaban J connectivity index is 1.89. The summed E-state index contributed by atoms with van der Waals surface area (Å²) in [7, 11) is 1.68. The summed E-state index contributed by atoms with van der Waals surface area (Å²) in [4.78, 5) is 49.3. The van der Waals surface area contributed by atoms with Gasteiger partial charge in [-0.1, -0.05) is 19.9 Å². The summed E-state index contributed by atoms with van der Waals surface area (Å²) in [6, 6.07) is 1.61. The van der Waals surface area contributed by atoms with Crippen LogP contribution in [0.3, 0.4) is 0 Å². The normalized spacial score (nSPS) is 17.2. The van der Waals surface area contributed by atoms with Crippen molar-refractivity contribution in [2.75, 3.05) is 17.3 Å². The highest BCUT2D eigenvalue weighted by molar-refractivity contribution is 7.13. The van der Waals surface area contributed by atoms with Crippen LogP contribution >= 0.6 is 11.3 Å². The molecule has 3 amide bonds. The molecule has 0 aromatic carbocycles. The molecule has 0 aliphatic carbocycles. The molecule has 0 fully saturated rings. The van der Waals surface area contributed by atoms with Gasteiger partial charge in [0.2, 0.25) is 11.8 Å². The van der Waals surface area contributed by atoms with Crippen molar-refractivity contribution in [2.24, 2.45) is 5.92 Å². The molecule has 0 radical (unpaired) electrons. The van der Waals surface area contributed by atoms with Gasteiger partial charge in [-0.15, -0.1) is 11.3 Å². The quantitative estimate of drug-likeness (QED) is 0.596. The Bertz CT molecular complexity index is 976. The third-order valence-electron chi connectivity index (χ3n) is 5.27. The minimum Gasteiger partial charge on any atom is -0.343 e. The fraction of sp³-hybridized carbons (Fsp3) is 0.476. The highest BCUT2D eigenvalue weighted by Gasteiger charge is 2.43. The van der Waals surface area contributed by atoms with Gasteiger partial charge in [-0.2, -0.15) is 0 Å². The maximum Gasteiger partial charge on any atom is 0.251 e. The number of carbonyl (C=O) groups excluding carboxylic acids is 3. The minimum atomic E-state index is -0.798. The van der Waals surface area contributed by atoms with E-state index in [9.17, 15) is 14.4 Å². The number of rotatable bonds is 7. The molecule has 3 heterocycles. The second-order valence-corrected chi connectivity index (χ2v) is 8.80. The van der Waals surface area contributed by atoms with E-state index in [-0.39, 0.29) is 23.6 Å². The number of pyridine rings is 1. The molecule has 3 rings (SSSR count). The average Bonchev–Trinajstić information content (AvgIpc) is 3.33. The molecule has 0 bridgehead atoms. The third kappa shape index (κ3) is 4.91. The van der Waals surface area contributed by atoms with Crippen LogP contribution in [0.15, 0.2) is 23.7 Å². The van der Waals surface area contributed by atoms with Gasteiger partial charge in [-0.25, -0.2) is 9.97 Å². The Morgan fingerprint density at radius 3 is 2.61 bits per heavy atom. The number of anilines is 2. The molecule has 2 aromatic rings. The number of nitrogens with zero attached hydrogens (tertiary/aromatic N) is 3. The number of aromatic nitrogens is 2. The monoisotopic (exact) mass is 444 g/mol. The first-order valence-corrected chi connectivity index (χ1v) is 11.1. The van der Waals surface area contributed by atoms with E-state index in [2.05, 4.69) is 25.9 Å². The molecule has 31 heavy (non-hydrogen) atoms. The zero-order valence-corrected chi connectivity index (χ0v) is 19.1. The highest BCUT2D eigenvalue weighted by atomic mass is 32.1. The van der Waals surface area contributed by atoms with Gasteiger partial charge in [0, 0.05) is 18.0 Å². The predicted octanol–water partition coefficient (Wildman–Crippen LogP) is 1.49.